The summed E-state index contributed by atoms with van der Waals surface area (Å²) < 4.78 is 26.8. The van der Waals surface area contributed by atoms with Crippen molar-refractivity contribution in [1.82, 2.24) is 5.32 Å². The van der Waals surface area contributed by atoms with Gasteiger partial charge in [0.15, 0.2) is 6.04 Å². The minimum Gasteiger partial charge on any atom is -0.480 e. The number of hydrogen-bond donors (Lipinski definition) is 4. The summed E-state index contributed by atoms with van der Waals surface area (Å²) in [6.45, 7) is 2.55. The molecule has 310 valence electrons. The Morgan fingerprint density at radius 3 is 1.45 bits per heavy atom. The van der Waals surface area contributed by atoms with Gasteiger partial charge in [-0.05, 0) is 64.2 Å². The Morgan fingerprint density at radius 1 is 0.585 bits per heavy atom. The van der Waals surface area contributed by atoms with Crippen LogP contribution < -0.4 is 5.32 Å². The highest BCUT2D eigenvalue weighted by Gasteiger charge is 2.28. The van der Waals surface area contributed by atoms with E-state index in [2.05, 4.69) is 43.5 Å². The van der Waals surface area contributed by atoms with E-state index in [0.717, 1.165) is 77.0 Å². The lowest BCUT2D eigenvalue weighted by atomic mass is 10.1. The number of phosphoric acid groups is 1. The van der Waals surface area contributed by atoms with Gasteiger partial charge in [0.1, 0.15) is 12.7 Å². The molecule has 0 bridgehead atoms. The molecule has 0 heterocycles. The van der Waals surface area contributed by atoms with E-state index in [1.165, 1.54) is 70.6 Å². The van der Waals surface area contributed by atoms with Crippen LogP contribution in [0.1, 0.15) is 187 Å². The number of aliphatic carboxylic acids is 1. The van der Waals surface area contributed by atoms with Crippen molar-refractivity contribution in [3.05, 3.63) is 24.3 Å². The van der Waals surface area contributed by atoms with Gasteiger partial charge in [-0.2, -0.15) is 0 Å². The van der Waals surface area contributed by atoms with Crippen LogP contribution in [-0.4, -0.2) is 64.9 Å². The molecular formula is C41H76NO10P. The lowest BCUT2D eigenvalue weighted by Crippen LogP contribution is -2.43. The molecule has 0 aliphatic carbocycles. The van der Waals surface area contributed by atoms with Crippen LogP contribution in [0.3, 0.4) is 0 Å². The number of aliphatic hydroxyl groups is 1. The maximum Gasteiger partial charge on any atom is 0.472 e. The number of allylic oxidation sites excluding steroid dienone is 4. The molecule has 0 saturated carbocycles. The molecule has 4 N–H and O–H groups in total. The van der Waals surface area contributed by atoms with E-state index < -0.39 is 57.6 Å². The molecule has 12 heteroatoms. The highest BCUT2D eigenvalue weighted by Crippen LogP contribution is 2.43. The summed E-state index contributed by atoms with van der Waals surface area (Å²) in [7, 11) is -4.75. The van der Waals surface area contributed by atoms with Gasteiger partial charge in [0.05, 0.1) is 13.2 Å². The van der Waals surface area contributed by atoms with Gasteiger partial charge in [0.2, 0.25) is 5.91 Å². The fraction of sp³-hybridized carbons (Fsp3) is 0.829. The van der Waals surface area contributed by atoms with Gasteiger partial charge in [-0.25, -0.2) is 9.36 Å². The van der Waals surface area contributed by atoms with Gasteiger partial charge in [-0.3, -0.25) is 18.6 Å². The van der Waals surface area contributed by atoms with Crippen LogP contribution >= 0.6 is 7.82 Å². The third-order valence-corrected chi connectivity index (χ3v) is 9.91. The molecule has 3 unspecified atom stereocenters. The zero-order valence-corrected chi connectivity index (χ0v) is 34.2. The van der Waals surface area contributed by atoms with Gasteiger partial charge < -0.3 is 25.2 Å². The maximum absolute atomic E-state index is 12.3. The van der Waals surface area contributed by atoms with Crippen molar-refractivity contribution in [3.63, 3.8) is 0 Å². The number of esters is 1. The monoisotopic (exact) mass is 774 g/mol. The summed E-state index contributed by atoms with van der Waals surface area (Å²) in [5.41, 5.74) is 0. The van der Waals surface area contributed by atoms with Crippen molar-refractivity contribution in [2.24, 2.45) is 0 Å². The molecule has 53 heavy (non-hydrogen) atoms. The Kier molecular flexibility index (Phi) is 35.5. The number of ether oxygens (including phenoxy) is 1. The fourth-order valence-corrected chi connectivity index (χ4v) is 6.43. The molecule has 0 rings (SSSR count). The Bertz CT molecular complexity index is 1010. The second kappa shape index (κ2) is 36.9. The molecule has 0 fully saturated rings. The summed E-state index contributed by atoms with van der Waals surface area (Å²) in [5.74, 6) is -2.39. The summed E-state index contributed by atoms with van der Waals surface area (Å²) in [4.78, 5) is 45.8. The van der Waals surface area contributed by atoms with Gasteiger partial charge in [-0.1, -0.05) is 134 Å². The van der Waals surface area contributed by atoms with Crippen LogP contribution in [0.25, 0.3) is 0 Å². The number of amides is 1. The predicted octanol–water partition coefficient (Wildman–Crippen LogP) is 10.3. The minimum absolute atomic E-state index is 0.136. The number of carbonyl (C=O) groups is 3. The Morgan fingerprint density at radius 2 is 0.981 bits per heavy atom. The number of rotatable bonds is 39. The number of aliphatic hydroxyl groups excluding tert-OH is 1. The van der Waals surface area contributed by atoms with Crippen molar-refractivity contribution in [1.29, 1.82) is 0 Å². The first kappa shape index (κ1) is 51.0. The summed E-state index contributed by atoms with van der Waals surface area (Å²) >= 11 is 0. The lowest BCUT2D eigenvalue weighted by Gasteiger charge is -2.18. The van der Waals surface area contributed by atoms with E-state index in [1.807, 2.05) is 0 Å². The second-order valence-electron chi connectivity index (χ2n) is 14.2. The molecule has 3 atom stereocenters. The molecular weight excluding hydrogens is 697 g/mol. The van der Waals surface area contributed by atoms with Crippen LogP contribution in [0.4, 0.5) is 0 Å². The van der Waals surface area contributed by atoms with Gasteiger partial charge in [0.25, 0.3) is 0 Å². The first-order valence-corrected chi connectivity index (χ1v) is 22.4. The van der Waals surface area contributed by atoms with Crippen molar-refractivity contribution in [2.75, 3.05) is 19.8 Å². The van der Waals surface area contributed by atoms with E-state index in [9.17, 15) is 34.1 Å². The van der Waals surface area contributed by atoms with Gasteiger partial charge >= 0.3 is 19.8 Å². The molecule has 0 spiro atoms. The largest absolute Gasteiger partial charge is 0.480 e. The Balaban J connectivity index is 3.95. The number of carboxylic acids is 1. The van der Waals surface area contributed by atoms with Crippen molar-refractivity contribution >= 4 is 25.7 Å². The Labute approximate surface area is 321 Å². The predicted molar refractivity (Wildman–Crippen MR) is 213 cm³/mol. The molecule has 0 aromatic heterocycles. The third-order valence-electron chi connectivity index (χ3n) is 8.96. The molecule has 0 saturated heterocycles. The zero-order chi connectivity index (χ0) is 39.3. The number of carboxylic acid groups (broad SMARTS) is 1. The second-order valence-corrected chi connectivity index (χ2v) is 15.6. The molecule has 0 aromatic carbocycles. The molecule has 0 aliphatic rings. The highest BCUT2D eigenvalue weighted by molar-refractivity contribution is 7.47. The molecule has 1 amide bonds. The van der Waals surface area contributed by atoms with Gasteiger partial charge in [0, 0.05) is 12.8 Å². The SMILES string of the molecule is CCCCCC/C=C\CCCCCCCC(=O)OCC(O)COP(=O)(O)OCC(NC(=O)CCCCCCC/C=C\CCCCCCCCC)C(=O)O. The summed E-state index contributed by atoms with van der Waals surface area (Å²) in [6.07, 6.45) is 36.3. The number of carbonyl (C=O) groups excluding carboxylic acids is 2. The number of phosphoric ester groups is 1. The topological polar surface area (TPSA) is 169 Å². The third kappa shape index (κ3) is 36.7. The standard InChI is InChI=1S/C41H76NO10P/c1-3-5-7-9-11-13-15-17-18-19-21-22-24-26-28-30-32-39(44)42-38(41(46)47)36-52-53(48,49)51-35-37(43)34-50-40(45)33-31-29-27-25-23-20-16-14-12-10-8-6-4-2/h14,16,18-19,37-38,43H,3-13,15,17,20-36H2,1-2H3,(H,42,44)(H,46,47)(H,48,49)/b16-14-,19-18-. The molecule has 11 nitrogen and oxygen atoms in total. The zero-order valence-electron chi connectivity index (χ0n) is 33.3. The summed E-state index contributed by atoms with van der Waals surface area (Å²) in [5, 5.41) is 21.8. The van der Waals surface area contributed by atoms with E-state index in [-0.39, 0.29) is 12.8 Å². The number of unbranched alkanes of at least 4 members (excludes halogenated alkanes) is 21. The van der Waals surface area contributed by atoms with Crippen LogP contribution in [0.5, 0.6) is 0 Å². The minimum atomic E-state index is -4.75. The maximum atomic E-state index is 12.3. The average molecular weight is 774 g/mol. The van der Waals surface area contributed by atoms with Crippen molar-refractivity contribution in [2.45, 2.75) is 199 Å². The first-order valence-electron chi connectivity index (χ1n) is 20.9. The van der Waals surface area contributed by atoms with Crippen LogP contribution in [0, 0.1) is 0 Å². The van der Waals surface area contributed by atoms with E-state index >= 15 is 0 Å². The van der Waals surface area contributed by atoms with E-state index in [1.54, 1.807) is 0 Å². The fourth-order valence-electron chi connectivity index (χ4n) is 5.66. The quantitative estimate of drug-likeness (QED) is 0.0204. The molecule has 0 radical (unpaired) electrons. The molecule has 0 aromatic rings. The van der Waals surface area contributed by atoms with Crippen LogP contribution in [-0.2, 0) is 32.7 Å². The van der Waals surface area contributed by atoms with Crippen LogP contribution in [0.15, 0.2) is 24.3 Å². The number of nitrogens with one attached hydrogen (secondary N) is 1. The van der Waals surface area contributed by atoms with Crippen LogP contribution in [0.2, 0.25) is 0 Å². The van der Waals surface area contributed by atoms with Crippen molar-refractivity contribution in [3.8, 4) is 0 Å². The molecule has 0 aliphatic heterocycles. The average Bonchev–Trinajstić information content (AvgIpc) is 3.13. The highest BCUT2D eigenvalue weighted by atomic mass is 31.2. The first-order chi connectivity index (χ1) is 25.6. The van der Waals surface area contributed by atoms with Crippen molar-refractivity contribution < 1.29 is 47.8 Å². The number of hydrogen-bond acceptors (Lipinski definition) is 8. The van der Waals surface area contributed by atoms with E-state index in [0.29, 0.717) is 12.8 Å². The smallest absolute Gasteiger partial charge is 0.472 e. The Hall–Kier alpha value is -2.04. The normalized spacial score (nSPS) is 14.0. The van der Waals surface area contributed by atoms with E-state index in [4.69, 9.17) is 13.8 Å². The lowest BCUT2D eigenvalue weighted by molar-refractivity contribution is -0.147. The van der Waals surface area contributed by atoms with Gasteiger partial charge in [-0.15, -0.1) is 0 Å². The summed E-state index contributed by atoms with van der Waals surface area (Å²) in [6, 6.07) is -1.55.